The Hall–Kier alpha value is -2.74. The molecule has 27 heavy (non-hydrogen) atoms. The summed E-state index contributed by atoms with van der Waals surface area (Å²) in [6.45, 7) is 2.40. The fraction of sp³-hybridized carbons (Fsp3) is 0.211. The number of fused-ring (bicyclic) bond motifs is 1. The van der Waals surface area contributed by atoms with Gasteiger partial charge in [-0.15, -0.1) is 0 Å². The van der Waals surface area contributed by atoms with E-state index in [2.05, 4.69) is 10.3 Å². The number of rotatable bonds is 6. The van der Waals surface area contributed by atoms with Crippen molar-refractivity contribution in [1.29, 1.82) is 0 Å². The minimum atomic E-state index is -0.847. The van der Waals surface area contributed by atoms with Gasteiger partial charge in [-0.2, -0.15) is 0 Å². The summed E-state index contributed by atoms with van der Waals surface area (Å²) < 4.78 is 28.8. The molecular weight excluding hydrogens is 372 g/mol. The number of anilines is 1. The molecule has 1 aromatic heterocycles. The normalized spacial score (nSPS) is 10.9. The summed E-state index contributed by atoms with van der Waals surface area (Å²) in [6.07, 6.45) is 0.722. The molecule has 1 heterocycles. The third kappa shape index (κ3) is 4.16. The Labute approximate surface area is 158 Å². The number of aromatic nitrogens is 2. The Balaban J connectivity index is 1.83. The van der Waals surface area contributed by atoms with Crippen molar-refractivity contribution < 1.29 is 13.6 Å². The Bertz CT molecular complexity index is 1030. The molecule has 140 valence electrons. The van der Waals surface area contributed by atoms with Crippen LogP contribution in [0.15, 0.2) is 52.4 Å². The fourth-order valence-corrected chi connectivity index (χ4v) is 3.43. The first-order chi connectivity index (χ1) is 13.0. The summed E-state index contributed by atoms with van der Waals surface area (Å²) in [5.41, 5.74) is -0.121. The van der Waals surface area contributed by atoms with Crippen molar-refractivity contribution in [1.82, 2.24) is 9.55 Å². The Morgan fingerprint density at radius 2 is 1.85 bits per heavy atom. The van der Waals surface area contributed by atoms with Gasteiger partial charge in [0, 0.05) is 6.54 Å². The molecule has 0 fully saturated rings. The molecule has 0 aliphatic heterocycles. The smallest absolute Gasteiger partial charge is 0.262 e. The molecule has 0 aliphatic carbocycles. The van der Waals surface area contributed by atoms with E-state index >= 15 is 0 Å². The molecular formula is C19H17F2N3O2S. The SMILES string of the molecule is CCCn1c(SCC(=O)Nc2c(F)cccc2F)nc2ccccc2c1=O. The predicted octanol–water partition coefficient (Wildman–Crippen LogP) is 3.82. The van der Waals surface area contributed by atoms with E-state index in [1.807, 2.05) is 6.92 Å². The highest BCUT2D eigenvalue weighted by molar-refractivity contribution is 7.99. The summed E-state index contributed by atoms with van der Waals surface area (Å²) in [7, 11) is 0. The van der Waals surface area contributed by atoms with Crippen LogP contribution in [0, 0.1) is 11.6 Å². The van der Waals surface area contributed by atoms with Gasteiger partial charge in [0.15, 0.2) is 5.16 Å². The van der Waals surface area contributed by atoms with Crippen molar-refractivity contribution in [2.45, 2.75) is 25.0 Å². The van der Waals surface area contributed by atoms with E-state index < -0.39 is 23.2 Å². The fourth-order valence-electron chi connectivity index (χ4n) is 2.60. The molecule has 3 rings (SSSR count). The first-order valence-electron chi connectivity index (χ1n) is 8.37. The van der Waals surface area contributed by atoms with Crippen LogP contribution in [0.3, 0.4) is 0 Å². The highest BCUT2D eigenvalue weighted by Crippen LogP contribution is 2.21. The number of hydrogen-bond donors (Lipinski definition) is 1. The quantitative estimate of drug-likeness (QED) is 0.514. The molecule has 5 nitrogen and oxygen atoms in total. The monoisotopic (exact) mass is 389 g/mol. The van der Waals surface area contributed by atoms with Crippen molar-refractivity contribution in [3.63, 3.8) is 0 Å². The minimum Gasteiger partial charge on any atom is -0.320 e. The number of amides is 1. The molecule has 0 spiro atoms. The Morgan fingerprint density at radius 1 is 1.15 bits per heavy atom. The molecule has 2 aromatic carbocycles. The lowest BCUT2D eigenvalue weighted by Crippen LogP contribution is -2.24. The lowest BCUT2D eigenvalue weighted by Gasteiger charge is -2.12. The van der Waals surface area contributed by atoms with E-state index in [0.717, 1.165) is 30.3 Å². The molecule has 0 bridgehead atoms. The average molecular weight is 389 g/mol. The van der Waals surface area contributed by atoms with Crippen LogP contribution in [0.25, 0.3) is 10.9 Å². The summed E-state index contributed by atoms with van der Waals surface area (Å²) >= 11 is 1.05. The molecule has 8 heteroatoms. The van der Waals surface area contributed by atoms with Crippen molar-refractivity contribution in [3.05, 3.63) is 64.5 Å². The molecule has 0 atom stereocenters. The number of carbonyl (C=O) groups excluding carboxylic acids is 1. The van der Waals surface area contributed by atoms with Gasteiger partial charge in [0.2, 0.25) is 5.91 Å². The third-order valence-corrected chi connectivity index (χ3v) is 4.81. The Morgan fingerprint density at radius 3 is 2.56 bits per heavy atom. The second kappa shape index (κ2) is 8.30. The van der Waals surface area contributed by atoms with Gasteiger partial charge in [-0.25, -0.2) is 13.8 Å². The zero-order valence-corrected chi connectivity index (χ0v) is 15.4. The van der Waals surface area contributed by atoms with E-state index in [1.165, 1.54) is 10.6 Å². The van der Waals surface area contributed by atoms with Crippen LogP contribution in [0.4, 0.5) is 14.5 Å². The Kier molecular flexibility index (Phi) is 5.85. The van der Waals surface area contributed by atoms with Crippen LogP contribution in [-0.4, -0.2) is 21.2 Å². The summed E-state index contributed by atoms with van der Waals surface area (Å²) in [5, 5.41) is 3.13. The number of nitrogens with zero attached hydrogens (tertiary/aromatic N) is 2. The highest BCUT2D eigenvalue weighted by Gasteiger charge is 2.15. The first kappa shape index (κ1) is 19.0. The van der Waals surface area contributed by atoms with Crippen LogP contribution in [-0.2, 0) is 11.3 Å². The molecule has 0 saturated carbocycles. The first-order valence-corrected chi connectivity index (χ1v) is 9.36. The van der Waals surface area contributed by atoms with E-state index in [-0.39, 0.29) is 11.3 Å². The van der Waals surface area contributed by atoms with Gasteiger partial charge in [-0.05, 0) is 30.7 Å². The number of hydrogen-bond acceptors (Lipinski definition) is 4. The zero-order chi connectivity index (χ0) is 19.4. The van der Waals surface area contributed by atoms with Crippen molar-refractivity contribution in [2.24, 2.45) is 0 Å². The van der Waals surface area contributed by atoms with Crippen LogP contribution in [0.1, 0.15) is 13.3 Å². The van der Waals surface area contributed by atoms with Crippen LogP contribution in [0.5, 0.6) is 0 Å². The molecule has 1 N–H and O–H groups in total. The molecule has 0 saturated heterocycles. The molecule has 0 unspecified atom stereocenters. The zero-order valence-electron chi connectivity index (χ0n) is 14.5. The maximum Gasteiger partial charge on any atom is 0.262 e. The number of nitrogens with one attached hydrogen (secondary N) is 1. The number of benzene rings is 2. The molecule has 3 aromatic rings. The molecule has 1 amide bonds. The van der Waals surface area contributed by atoms with Gasteiger partial charge < -0.3 is 5.32 Å². The predicted molar refractivity (Wildman–Crippen MR) is 102 cm³/mol. The van der Waals surface area contributed by atoms with Crippen LogP contribution in [0.2, 0.25) is 0 Å². The lowest BCUT2D eigenvalue weighted by atomic mass is 10.2. The van der Waals surface area contributed by atoms with E-state index in [1.54, 1.807) is 24.3 Å². The van der Waals surface area contributed by atoms with E-state index in [0.29, 0.717) is 22.6 Å². The van der Waals surface area contributed by atoms with Crippen LogP contribution >= 0.6 is 11.8 Å². The number of halogens is 2. The number of thioether (sulfide) groups is 1. The standard InChI is InChI=1S/C19H17F2N3O2S/c1-2-10-24-18(26)12-6-3-4-9-15(12)22-19(24)27-11-16(25)23-17-13(20)7-5-8-14(17)21/h3-9H,2,10-11H2,1H3,(H,23,25). The third-order valence-electron chi connectivity index (χ3n) is 3.83. The van der Waals surface area contributed by atoms with Crippen molar-refractivity contribution in [2.75, 3.05) is 11.1 Å². The van der Waals surface area contributed by atoms with Gasteiger partial charge in [-0.1, -0.05) is 36.9 Å². The molecule has 0 radical (unpaired) electrons. The summed E-state index contributed by atoms with van der Waals surface area (Å²) in [5.74, 6) is -2.42. The topological polar surface area (TPSA) is 64.0 Å². The van der Waals surface area contributed by atoms with Gasteiger partial charge >= 0.3 is 0 Å². The molecule has 0 aliphatic rings. The maximum absolute atomic E-state index is 13.6. The second-order valence-electron chi connectivity index (χ2n) is 5.80. The maximum atomic E-state index is 13.6. The average Bonchev–Trinajstić information content (AvgIpc) is 2.66. The number of para-hydroxylation sites is 2. The number of carbonyl (C=O) groups is 1. The van der Waals surface area contributed by atoms with Crippen molar-refractivity contribution >= 4 is 34.3 Å². The second-order valence-corrected chi connectivity index (χ2v) is 6.74. The largest absolute Gasteiger partial charge is 0.320 e. The highest BCUT2D eigenvalue weighted by atomic mass is 32.2. The van der Waals surface area contributed by atoms with Gasteiger partial charge in [0.25, 0.3) is 5.56 Å². The van der Waals surface area contributed by atoms with E-state index in [4.69, 9.17) is 0 Å². The lowest BCUT2D eigenvalue weighted by molar-refractivity contribution is -0.113. The summed E-state index contributed by atoms with van der Waals surface area (Å²) in [4.78, 5) is 29.3. The summed E-state index contributed by atoms with van der Waals surface area (Å²) in [6, 6.07) is 10.3. The van der Waals surface area contributed by atoms with Gasteiger partial charge in [0.05, 0.1) is 16.7 Å². The van der Waals surface area contributed by atoms with Crippen molar-refractivity contribution in [3.8, 4) is 0 Å². The van der Waals surface area contributed by atoms with Crippen LogP contribution < -0.4 is 10.9 Å². The van der Waals surface area contributed by atoms with Gasteiger partial charge in [-0.3, -0.25) is 14.2 Å². The van der Waals surface area contributed by atoms with E-state index in [9.17, 15) is 18.4 Å². The minimum absolute atomic E-state index is 0.137. The van der Waals surface area contributed by atoms with Gasteiger partial charge in [0.1, 0.15) is 17.3 Å².